The Balaban J connectivity index is 1.70. The fourth-order valence-electron chi connectivity index (χ4n) is 2.92. The van der Waals surface area contributed by atoms with Crippen molar-refractivity contribution in [3.05, 3.63) is 83.3 Å². The second-order valence-electron chi connectivity index (χ2n) is 6.83. The fourth-order valence-corrected chi connectivity index (χ4v) is 2.92. The van der Waals surface area contributed by atoms with E-state index in [1.165, 1.54) is 6.20 Å². The van der Waals surface area contributed by atoms with Crippen LogP contribution >= 0.6 is 0 Å². The number of aryl methyl sites for hydroxylation is 1. The molecule has 7 nitrogen and oxygen atoms in total. The molecular formula is C23H24N4O3. The number of esters is 1. The predicted octanol–water partition coefficient (Wildman–Crippen LogP) is 4.39. The number of hydrogen-bond acceptors (Lipinski definition) is 6. The Bertz CT molecular complexity index is 1050. The Morgan fingerprint density at radius 1 is 1.10 bits per heavy atom. The SMILES string of the molecule is CCOC(=O)c1cncc(N[C@@H](C)c2cccc(NC(=O)c3cccc(C)c3)c2)n1. The average molecular weight is 404 g/mol. The smallest absolute Gasteiger partial charge is 0.358 e. The second kappa shape index (κ2) is 9.65. The van der Waals surface area contributed by atoms with Crippen LogP contribution in [0.4, 0.5) is 11.5 Å². The number of nitrogens with one attached hydrogen (secondary N) is 2. The van der Waals surface area contributed by atoms with E-state index in [1.807, 2.05) is 56.3 Å². The van der Waals surface area contributed by atoms with E-state index >= 15 is 0 Å². The summed E-state index contributed by atoms with van der Waals surface area (Å²) in [5.41, 5.74) is 3.42. The van der Waals surface area contributed by atoms with E-state index in [2.05, 4.69) is 20.6 Å². The van der Waals surface area contributed by atoms with Gasteiger partial charge < -0.3 is 15.4 Å². The molecule has 1 amide bonds. The third-order valence-electron chi connectivity index (χ3n) is 4.41. The molecule has 3 rings (SSSR count). The molecule has 0 aliphatic heterocycles. The first-order valence-corrected chi connectivity index (χ1v) is 9.70. The molecule has 154 valence electrons. The maximum absolute atomic E-state index is 12.5. The van der Waals surface area contributed by atoms with E-state index in [1.54, 1.807) is 19.2 Å². The van der Waals surface area contributed by atoms with Crippen molar-refractivity contribution in [1.82, 2.24) is 9.97 Å². The van der Waals surface area contributed by atoms with E-state index in [-0.39, 0.29) is 24.2 Å². The summed E-state index contributed by atoms with van der Waals surface area (Å²) in [6.45, 7) is 5.92. The summed E-state index contributed by atoms with van der Waals surface area (Å²) in [6.07, 6.45) is 2.91. The second-order valence-corrected chi connectivity index (χ2v) is 6.83. The number of nitrogens with zero attached hydrogens (tertiary/aromatic N) is 2. The molecule has 1 aromatic heterocycles. The van der Waals surface area contributed by atoms with Crippen LogP contribution in [-0.2, 0) is 4.74 Å². The lowest BCUT2D eigenvalue weighted by Crippen LogP contribution is -2.14. The molecule has 0 bridgehead atoms. The van der Waals surface area contributed by atoms with E-state index in [0.717, 1.165) is 11.1 Å². The molecule has 2 aromatic carbocycles. The van der Waals surface area contributed by atoms with Gasteiger partial charge in [-0.25, -0.2) is 9.78 Å². The van der Waals surface area contributed by atoms with Gasteiger partial charge in [-0.2, -0.15) is 0 Å². The van der Waals surface area contributed by atoms with Crippen LogP contribution in [0, 0.1) is 6.92 Å². The molecule has 0 unspecified atom stereocenters. The van der Waals surface area contributed by atoms with Crippen LogP contribution in [-0.4, -0.2) is 28.5 Å². The van der Waals surface area contributed by atoms with Crippen molar-refractivity contribution >= 4 is 23.4 Å². The first-order chi connectivity index (χ1) is 14.5. The molecule has 0 fully saturated rings. The maximum Gasteiger partial charge on any atom is 0.358 e. The third kappa shape index (κ3) is 5.41. The van der Waals surface area contributed by atoms with Crippen molar-refractivity contribution in [2.24, 2.45) is 0 Å². The summed E-state index contributed by atoms with van der Waals surface area (Å²) < 4.78 is 4.96. The van der Waals surface area contributed by atoms with Gasteiger partial charge >= 0.3 is 5.97 Å². The predicted molar refractivity (Wildman–Crippen MR) is 116 cm³/mol. The standard InChI is InChI=1S/C23H24N4O3/c1-4-30-23(29)20-13-24-14-21(27-20)25-16(3)17-8-6-10-19(12-17)26-22(28)18-9-5-7-15(2)11-18/h5-14,16H,4H2,1-3H3,(H,25,27)(H,26,28)/t16-/m0/s1. The number of aromatic nitrogens is 2. The minimum atomic E-state index is -0.512. The van der Waals surface area contributed by atoms with Gasteiger partial charge in [0.05, 0.1) is 25.0 Å². The quantitative estimate of drug-likeness (QED) is 0.568. The van der Waals surface area contributed by atoms with Crippen LogP contribution < -0.4 is 10.6 Å². The molecule has 7 heteroatoms. The highest BCUT2D eigenvalue weighted by molar-refractivity contribution is 6.04. The number of hydrogen-bond donors (Lipinski definition) is 2. The van der Waals surface area contributed by atoms with Crippen LogP contribution in [0.15, 0.2) is 60.9 Å². The summed E-state index contributed by atoms with van der Waals surface area (Å²) in [5.74, 6) is -0.214. The van der Waals surface area contributed by atoms with E-state index < -0.39 is 5.97 Å². The van der Waals surface area contributed by atoms with Crippen LogP contribution in [0.3, 0.4) is 0 Å². The summed E-state index contributed by atoms with van der Waals surface area (Å²) in [4.78, 5) is 32.7. The first-order valence-electron chi connectivity index (χ1n) is 9.70. The van der Waals surface area contributed by atoms with Gasteiger partial charge in [0.15, 0.2) is 5.69 Å². The number of rotatable bonds is 7. The Hall–Kier alpha value is -3.74. The molecule has 0 saturated carbocycles. The molecule has 0 aliphatic carbocycles. The molecule has 3 aromatic rings. The zero-order chi connectivity index (χ0) is 21.5. The number of amides is 1. The molecule has 1 atom stereocenters. The van der Waals surface area contributed by atoms with Crippen LogP contribution in [0.5, 0.6) is 0 Å². The summed E-state index contributed by atoms with van der Waals surface area (Å²) in [5, 5.41) is 6.15. The fraction of sp³-hybridized carbons (Fsp3) is 0.217. The summed E-state index contributed by atoms with van der Waals surface area (Å²) in [6, 6.07) is 14.9. The molecule has 2 N–H and O–H groups in total. The number of benzene rings is 2. The highest BCUT2D eigenvalue weighted by Crippen LogP contribution is 2.21. The van der Waals surface area contributed by atoms with Gasteiger partial charge in [0.25, 0.3) is 5.91 Å². The minimum Gasteiger partial charge on any atom is -0.461 e. The molecule has 0 aliphatic rings. The summed E-state index contributed by atoms with van der Waals surface area (Å²) >= 11 is 0. The van der Waals surface area contributed by atoms with Crippen molar-refractivity contribution in [2.75, 3.05) is 17.2 Å². The number of carbonyl (C=O) groups excluding carboxylic acids is 2. The van der Waals surface area contributed by atoms with Crippen molar-refractivity contribution in [3.8, 4) is 0 Å². The number of anilines is 2. The lowest BCUT2D eigenvalue weighted by atomic mass is 10.1. The Morgan fingerprint density at radius 3 is 2.67 bits per heavy atom. The Labute approximate surface area is 175 Å². The van der Waals surface area contributed by atoms with Gasteiger partial charge in [-0.3, -0.25) is 9.78 Å². The van der Waals surface area contributed by atoms with Crippen LogP contribution in [0.2, 0.25) is 0 Å². The molecule has 30 heavy (non-hydrogen) atoms. The average Bonchev–Trinajstić information content (AvgIpc) is 2.74. The molecule has 1 heterocycles. The van der Waals surface area contributed by atoms with Crippen LogP contribution in [0.25, 0.3) is 0 Å². The van der Waals surface area contributed by atoms with E-state index in [0.29, 0.717) is 17.1 Å². The third-order valence-corrected chi connectivity index (χ3v) is 4.41. The Kier molecular flexibility index (Phi) is 6.75. The molecule has 0 spiro atoms. The van der Waals surface area contributed by atoms with Crippen molar-refractivity contribution < 1.29 is 14.3 Å². The summed E-state index contributed by atoms with van der Waals surface area (Å²) in [7, 11) is 0. The number of ether oxygens (including phenoxy) is 1. The zero-order valence-electron chi connectivity index (χ0n) is 17.2. The maximum atomic E-state index is 12.5. The highest BCUT2D eigenvalue weighted by Gasteiger charge is 2.13. The first kappa shape index (κ1) is 21.0. The monoisotopic (exact) mass is 404 g/mol. The van der Waals surface area contributed by atoms with E-state index in [4.69, 9.17) is 4.74 Å². The lowest BCUT2D eigenvalue weighted by Gasteiger charge is -2.16. The molecule has 0 saturated heterocycles. The lowest BCUT2D eigenvalue weighted by molar-refractivity contribution is 0.0519. The van der Waals surface area contributed by atoms with Crippen molar-refractivity contribution in [2.45, 2.75) is 26.8 Å². The minimum absolute atomic E-state index is 0.132. The molecular weight excluding hydrogens is 380 g/mol. The van der Waals surface area contributed by atoms with Gasteiger partial charge in [-0.05, 0) is 50.6 Å². The van der Waals surface area contributed by atoms with Crippen molar-refractivity contribution in [1.29, 1.82) is 0 Å². The van der Waals surface area contributed by atoms with Gasteiger partial charge in [-0.1, -0.05) is 29.8 Å². The van der Waals surface area contributed by atoms with E-state index in [9.17, 15) is 9.59 Å². The normalized spacial score (nSPS) is 11.4. The highest BCUT2D eigenvalue weighted by atomic mass is 16.5. The van der Waals surface area contributed by atoms with Gasteiger partial charge in [-0.15, -0.1) is 0 Å². The van der Waals surface area contributed by atoms with Crippen molar-refractivity contribution in [3.63, 3.8) is 0 Å². The Morgan fingerprint density at radius 2 is 1.90 bits per heavy atom. The topological polar surface area (TPSA) is 93.2 Å². The largest absolute Gasteiger partial charge is 0.461 e. The zero-order valence-corrected chi connectivity index (χ0v) is 17.2. The van der Waals surface area contributed by atoms with Crippen LogP contribution in [0.1, 0.15) is 51.9 Å². The van der Waals surface area contributed by atoms with Gasteiger partial charge in [0, 0.05) is 11.3 Å². The molecule has 0 radical (unpaired) electrons. The van der Waals surface area contributed by atoms with Gasteiger partial charge in [0.1, 0.15) is 5.82 Å². The van der Waals surface area contributed by atoms with Gasteiger partial charge in [0.2, 0.25) is 0 Å². The number of carbonyl (C=O) groups is 2.